The lowest BCUT2D eigenvalue weighted by molar-refractivity contribution is -0.254. The van der Waals surface area contributed by atoms with Gasteiger partial charge in [0.25, 0.3) is 5.91 Å². The van der Waals surface area contributed by atoms with Gasteiger partial charge in [-0.1, -0.05) is 24.3 Å². The summed E-state index contributed by atoms with van der Waals surface area (Å²) in [6.07, 6.45) is 3.01. The van der Waals surface area contributed by atoms with Crippen LogP contribution in [0.25, 0.3) is 33.4 Å². The van der Waals surface area contributed by atoms with Gasteiger partial charge in [-0.25, -0.2) is 9.37 Å². The number of carbonyl (C=O) groups is 4. The monoisotopic (exact) mass is 872 g/mol. The molecule has 4 aliphatic heterocycles. The minimum absolute atomic E-state index is 0.00329. The summed E-state index contributed by atoms with van der Waals surface area (Å²) in [5, 5.41) is 20.1. The van der Waals surface area contributed by atoms with Gasteiger partial charge < -0.3 is 53.9 Å². The van der Waals surface area contributed by atoms with E-state index in [0.29, 0.717) is 97.9 Å². The van der Waals surface area contributed by atoms with Gasteiger partial charge in [0, 0.05) is 104 Å². The fraction of sp³-hybridized carbons (Fsp3) is 0.408. The molecule has 15 heteroatoms. The average molecular weight is 873 g/mol. The van der Waals surface area contributed by atoms with E-state index in [2.05, 4.69) is 10.6 Å². The molecule has 4 amide bonds. The number of hydrogen-bond donors (Lipinski definition) is 2. The molecule has 0 saturated carbocycles. The standard InChI is InChI=1S/C49H56N6O9/c1-52(2)34-13-16-37-43(23-34)64-44-24-35(53(3)4)14-17-38(44)46(37)39-22-32(12-15-36(39)48(58)59)47(57)50-19-8-5-9-21-62-41-11-7-6-10-33(41)29-61-28-31-25-55(26-31)49(60)54-20-18-42-40(27-54)51-45(56)30-63-42/h6-7,10-17,22-24,31,40,42H,5,8-9,18-21,25-30H2,1-4H3,(H2-,50,51,56,57,58,59)/t40-,42+/m1/s1. The number of ether oxygens (including phenoxy) is 3. The Bertz CT molecular complexity index is 2580. The molecule has 8 rings (SSSR count). The molecule has 15 nitrogen and oxygen atoms in total. The van der Waals surface area contributed by atoms with Crippen LogP contribution in [0.5, 0.6) is 5.75 Å². The quantitative estimate of drug-likeness (QED) is 0.0898. The molecular weight excluding hydrogens is 817 g/mol. The first kappa shape index (κ1) is 44.2. The van der Waals surface area contributed by atoms with Crippen molar-refractivity contribution in [3.63, 3.8) is 0 Å². The number of anilines is 1. The van der Waals surface area contributed by atoms with Crippen LogP contribution in [0.15, 0.2) is 83.3 Å². The Morgan fingerprint density at radius 2 is 1.77 bits per heavy atom. The number of rotatable bonds is 15. The number of piperidine rings is 1. The van der Waals surface area contributed by atoms with E-state index in [1.54, 1.807) is 6.07 Å². The molecule has 4 heterocycles. The number of morpholine rings is 1. The average Bonchev–Trinajstić information content (AvgIpc) is 3.27. The molecule has 0 unspecified atom stereocenters. The maximum absolute atomic E-state index is 13.5. The van der Waals surface area contributed by atoms with Gasteiger partial charge in [0.05, 0.1) is 44.0 Å². The molecule has 336 valence electrons. The maximum atomic E-state index is 13.5. The van der Waals surface area contributed by atoms with E-state index in [4.69, 9.17) is 18.6 Å². The van der Waals surface area contributed by atoms with Crippen LogP contribution < -0.4 is 35.3 Å². The van der Waals surface area contributed by atoms with Crippen molar-refractivity contribution in [1.29, 1.82) is 0 Å². The number of urea groups is 1. The number of aromatic carboxylic acids is 1. The van der Waals surface area contributed by atoms with Crippen LogP contribution >= 0.6 is 0 Å². The van der Waals surface area contributed by atoms with Gasteiger partial charge in [-0.2, -0.15) is 0 Å². The normalized spacial score (nSPS) is 17.4. The first-order valence-electron chi connectivity index (χ1n) is 22.0. The minimum Gasteiger partial charge on any atom is -0.545 e. The highest BCUT2D eigenvalue weighted by atomic mass is 16.5. The number of nitrogens with zero attached hydrogens (tertiary/aromatic N) is 4. The molecule has 64 heavy (non-hydrogen) atoms. The Hall–Kier alpha value is -6.45. The number of carbonyl (C=O) groups excluding carboxylic acids is 4. The molecule has 0 aromatic heterocycles. The largest absolute Gasteiger partial charge is 0.545 e. The van der Waals surface area contributed by atoms with Gasteiger partial charge >= 0.3 is 6.03 Å². The summed E-state index contributed by atoms with van der Waals surface area (Å²) in [6.45, 7) is 4.31. The lowest BCUT2D eigenvalue weighted by atomic mass is 9.89. The molecule has 1 aliphatic carbocycles. The number of fused-ring (bicyclic) bond motifs is 3. The van der Waals surface area contributed by atoms with E-state index >= 15 is 0 Å². The summed E-state index contributed by atoms with van der Waals surface area (Å²) in [5.41, 5.74) is 4.51. The summed E-state index contributed by atoms with van der Waals surface area (Å²) in [7, 11) is 7.76. The first-order chi connectivity index (χ1) is 30.9. The predicted molar refractivity (Wildman–Crippen MR) is 240 cm³/mol. The number of unbranched alkanes of at least 4 members (excludes halogenated alkanes) is 2. The summed E-state index contributed by atoms with van der Waals surface area (Å²) < 4.78 is 26.2. The number of para-hydroxylation sites is 1. The molecule has 0 spiro atoms. The number of carboxylic acids is 1. The summed E-state index contributed by atoms with van der Waals surface area (Å²) in [4.78, 5) is 56.5. The fourth-order valence-electron chi connectivity index (χ4n) is 8.68. The van der Waals surface area contributed by atoms with E-state index in [-0.39, 0.29) is 48.1 Å². The summed E-state index contributed by atoms with van der Waals surface area (Å²) in [5.74, 6) is -0.174. The Morgan fingerprint density at radius 3 is 2.56 bits per heavy atom. The molecular formula is C49H56N6O9. The van der Waals surface area contributed by atoms with Crippen molar-refractivity contribution >= 4 is 40.5 Å². The first-order valence-corrected chi connectivity index (χ1v) is 22.0. The van der Waals surface area contributed by atoms with Gasteiger partial charge in [-0.05, 0) is 67.6 Å². The van der Waals surface area contributed by atoms with Crippen molar-refractivity contribution in [1.82, 2.24) is 25.0 Å². The Balaban J connectivity index is 0.809. The molecule has 0 bridgehead atoms. The number of amides is 4. The van der Waals surface area contributed by atoms with Crippen LogP contribution in [-0.4, -0.2) is 126 Å². The van der Waals surface area contributed by atoms with Crippen LogP contribution in [0, 0.1) is 5.92 Å². The van der Waals surface area contributed by atoms with Crippen LogP contribution in [0.2, 0.25) is 0 Å². The fourth-order valence-corrected chi connectivity index (χ4v) is 8.68. The molecule has 2 atom stereocenters. The lowest BCUT2D eigenvalue weighted by Gasteiger charge is -2.46. The third-order valence-electron chi connectivity index (χ3n) is 12.3. The minimum atomic E-state index is -1.34. The second-order valence-electron chi connectivity index (χ2n) is 17.3. The molecule has 2 N–H and O–H groups in total. The van der Waals surface area contributed by atoms with E-state index < -0.39 is 5.97 Å². The highest BCUT2D eigenvalue weighted by Gasteiger charge is 2.40. The predicted octanol–water partition coefficient (Wildman–Crippen LogP) is 3.80. The van der Waals surface area contributed by atoms with Crippen molar-refractivity contribution in [2.24, 2.45) is 5.92 Å². The Kier molecular flexibility index (Phi) is 13.5. The van der Waals surface area contributed by atoms with E-state index in [1.165, 1.54) is 12.1 Å². The van der Waals surface area contributed by atoms with Gasteiger partial charge in [-0.3, -0.25) is 9.59 Å². The Labute approximate surface area is 372 Å². The number of carboxylic acid groups (broad SMARTS) is 1. The third kappa shape index (κ3) is 9.85. The van der Waals surface area contributed by atoms with Crippen molar-refractivity contribution in [2.75, 3.05) is 85.6 Å². The summed E-state index contributed by atoms with van der Waals surface area (Å²) in [6, 6.07) is 23.8. The number of nitrogens with one attached hydrogen (secondary N) is 2. The van der Waals surface area contributed by atoms with Gasteiger partial charge in [0.2, 0.25) is 11.3 Å². The van der Waals surface area contributed by atoms with E-state index in [1.807, 2.05) is 108 Å². The third-order valence-corrected chi connectivity index (χ3v) is 12.3. The van der Waals surface area contributed by atoms with Crippen molar-refractivity contribution < 1.29 is 42.9 Å². The van der Waals surface area contributed by atoms with E-state index in [0.717, 1.165) is 41.6 Å². The van der Waals surface area contributed by atoms with Crippen molar-refractivity contribution in [2.45, 2.75) is 44.4 Å². The highest BCUT2D eigenvalue weighted by molar-refractivity contribution is 6.09. The molecule has 3 saturated heterocycles. The highest BCUT2D eigenvalue weighted by Crippen LogP contribution is 2.42. The lowest BCUT2D eigenvalue weighted by Crippen LogP contribution is -2.64. The second kappa shape index (κ2) is 19.5. The zero-order valence-corrected chi connectivity index (χ0v) is 36.9. The topological polar surface area (TPSA) is 169 Å². The van der Waals surface area contributed by atoms with Crippen molar-refractivity contribution in [3.8, 4) is 28.2 Å². The van der Waals surface area contributed by atoms with Crippen LogP contribution in [0.1, 0.15) is 52.0 Å². The van der Waals surface area contributed by atoms with Crippen LogP contribution in [0.4, 0.5) is 10.5 Å². The van der Waals surface area contributed by atoms with Crippen molar-refractivity contribution in [3.05, 3.63) is 101 Å². The molecule has 5 aliphatic rings. The van der Waals surface area contributed by atoms with Gasteiger partial charge in [-0.15, -0.1) is 0 Å². The van der Waals surface area contributed by atoms with Crippen LogP contribution in [0.3, 0.4) is 0 Å². The Morgan fingerprint density at radius 1 is 0.938 bits per heavy atom. The number of likely N-dealkylation sites (tertiary alicyclic amines) is 2. The molecule has 3 aromatic carbocycles. The zero-order valence-electron chi connectivity index (χ0n) is 36.9. The van der Waals surface area contributed by atoms with Gasteiger partial charge in [0.15, 0.2) is 0 Å². The van der Waals surface area contributed by atoms with Crippen LogP contribution in [-0.2, 0) is 20.9 Å². The zero-order chi connectivity index (χ0) is 44.9. The number of hydrogen-bond acceptors (Lipinski definition) is 10. The SMILES string of the molecule is CN(C)c1ccc2c(-c3cc(C(=O)NCCCCCOc4ccccc4COCC4CN(C(=O)N5CC[C@@H]6OCC(=O)N[C@@H]6C5)C4)ccc3C(=O)[O-])c3ccc(=[N+](C)C)cc-3oc2c1. The summed E-state index contributed by atoms with van der Waals surface area (Å²) >= 11 is 0. The molecule has 3 fully saturated rings. The van der Waals surface area contributed by atoms with E-state index in [9.17, 15) is 24.3 Å². The van der Waals surface area contributed by atoms with Gasteiger partial charge in [0.1, 0.15) is 37.8 Å². The smallest absolute Gasteiger partial charge is 0.320 e. The molecule has 3 aromatic rings. The maximum Gasteiger partial charge on any atom is 0.320 e. The molecule has 0 radical (unpaired) electrons. The number of benzene rings is 4. The second-order valence-corrected chi connectivity index (χ2v) is 17.3.